The van der Waals surface area contributed by atoms with E-state index in [4.69, 9.17) is 9.47 Å². The van der Waals surface area contributed by atoms with Crippen molar-refractivity contribution in [3.05, 3.63) is 23.8 Å². The Morgan fingerprint density at radius 1 is 1.46 bits per heavy atom. The molecule has 1 heterocycles. The Hall–Kier alpha value is -0.120. The minimum atomic E-state index is -0.511. The maximum atomic E-state index is 5.41. The van der Waals surface area contributed by atoms with Gasteiger partial charge in [-0.25, -0.2) is 0 Å². The lowest BCUT2D eigenvalue weighted by Gasteiger charge is -2.16. The van der Waals surface area contributed by atoms with Gasteiger partial charge in [-0.1, -0.05) is 33.7 Å². The van der Waals surface area contributed by atoms with E-state index in [9.17, 15) is 0 Å². The first-order valence-corrected chi connectivity index (χ1v) is 5.47. The van der Waals surface area contributed by atoms with Crippen LogP contribution in [0.4, 0.5) is 0 Å². The van der Waals surface area contributed by atoms with Crippen LogP contribution in [0.2, 0.25) is 0 Å². The first-order chi connectivity index (χ1) is 6.16. The largest absolute Gasteiger partial charge is 0.344 e. The molecule has 0 N–H and O–H groups in total. The van der Waals surface area contributed by atoms with E-state index in [1.54, 1.807) is 0 Å². The highest BCUT2D eigenvalue weighted by molar-refractivity contribution is 9.09. The standard InChI is InChI=1S/C10H15BrO2/c1-9(8-11)4-3-5-10(2)12-6-7-13-10/h3-5H,6-8H2,1-2H3/b5-3+,9-4-. The summed E-state index contributed by atoms with van der Waals surface area (Å²) in [6.45, 7) is 5.36. The van der Waals surface area contributed by atoms with Crippen LogP contribution >= 0.6 is 15.9 Å². The van der Waals surface area contributed by atoms with Crippen LogP contribution in [-0.2, 0) is 9.47 Å². The normalized spacial score (nSPS) is 22.8. The summed E-state index contributed by atoms with van der Waals surface area (Å²) in [6, 6.07) is 0. The van der Waals surface area contributed by atoms with Gasteiger partial charge in [-0.15, -0.1) is 0 Å². The van der Waals surface area contributed by atoms with Gasteiger partial charge < -0.3 is 9.47 Å². The van der Waals surface area contributed by atoms with Crippen LogP contribution in [-0.4, -0.2) is 24.3 Å². The summed E-state index contributed by atoms with van der Waals surface area (Å²) in [5, 5.41) is 0.899. The summed E-state index contributed by atoms with van der Waals surface area (Å²) in [4.78, 5) is 0. The zero-order valence-corrected chi connectivity index (χ0v) is 9.63. The maximum absolute atomic E-state index is 5.41. The third-order valence-electron chi connectivity index (χ3n) is 1.85. The molecule has 0 amide bonds. The van der Waals surface area contributed by atoms with Crippen LogP contribution in [0.15, 0.2) is 23.8 Å². The molecule has 0 bridgehead atoms. The van der Waals surface area contributed by atoms with Gasteiger partial charge >= 0.3 is 0 Å². The number of hydrogen-bond donors (Lipinski definition) is 0. The highest BCUT2D eigenvalue weighted by Crippen LogP contribution is 2.19. The van der Waals surface area contributed by atoms with Gasteiger partial charge in [0, 0.05) is 5.33 Å². The van der Waals surface area contributed by atoms with Crippen LogP contribution in [0.1, 0.15) is 13.8 Å². The molecule has 3 heteroatoms. The smallest absolute Gasteiger partial charge is 0.185 e. The molecular formula is C10H15BrO2. The van der Waals surface area contributed by atoms with Crippen LogP contribution in [0.3, 0.4) is 0 Å². The Labute approximate surface area is 87.7 Å². The van der Waals surface area contributed by atoms with Crippen molar-refractivity contribution in [3.8, 4) is 0 Å². The third-order valence-corrected chi connectivity index (χ3v) is 2.74. The van der Waals surface area contributed by atoms with E-state index >= 15 is 0 Å². The van der Waals surface area contributed by atoms with Crippen molar-refractivity contribution >= 4 is 15.9 Å². The first-order valence-electron chi connectivity index (χ1n) is 4.35. The molecule has 0 saturated carbocycles. The van der Waals surface area contributed by atoms with Gasteiger partial charge in [0.2, 0.25) is 0 Å². The molecule has 0 aromatic rings. The number of hydrogen-bond acceptors (Lipinski definition) is 2. The number of allylic oxidation sites excluding steroid dienone is 3. The number of alkyl halides is 1. The molecule has 0 aliphatic carbocycles. The van der Waals surface area contributed by atoms with Gasteiger partial charge in [-0.05, 0) is 19.9 Å². The molecule has 1 fully saturated rings. The van der Waals surface area contributed by atoms with E-state index in [0.717, 1.165) is 5.33 Å². The SMILES string of the molecule is C/C(=C/C=C/C1(C)OCCO1)CBr. The molecule has 0 atom stereocenters. The van der Waals surface area contributed by atoms with Gasteiger partial charge in [-0.2, -0.15) is 0 Å². The maximum Gasteiger partial charge on any atom is 0.185 e. The predicted octanol–water partition coefficient (Wildman–Crippen LogP) is 2.65. The molecular weight excluding hydrogens is 232 g/mol. The molecule has 0 aromatic carbocycles. The monoisotopic (exact) mass is 246 g/mol. The Morgan fingerprint density at radius 3 is 2.62 bits per heavy atom. The highest BCUT2D eigenvalue weighted by Gasteiger charge is 2.26. The summed E-state index contributed by atoms with van der Waals surface area (Å²) in [7, 11) is 0. The molecule has 74 valence electrons. The van der Waals surface area contributed by atoms with Crippen molar-refractivity contribution in [3.63, 3.8) is 0 Å². The summed E-state index contributed by atoms with van der Waals surface area (Å²) < 4.78 is 10.8. The van der Waals surface area contributed by atoms with Gasteiger partial charge in [0.25, 0.3) is 0 Å². The zero-order valence-electron chi connectivity index (χ0n) is 8.05. The second-order valence-corrected chi connectivity index (χ2v) is 3.78. The van der Waals surface area contributed by atoms with Crippen LogP contribution < -0.4 is 0 Å². The van der Waals surface area contributed by atoms with Crippen molar-refractivity contribution in [2.75, 3.05) is 18.5 Å². The van der Waals surface area contributed by atoms with Gasteiger partial charge in [0.1, 0.15) is 0 Å². The van der Waals surface area contributed by atoms with E-state index in [1.807, 2.05) is 25.2 Å². The molecule has 0 aromatic heterocycles. The van der Waals surface area contributed by atoms with E-state index < -0.39 is 5.79 Å². The highest BCUT2D eigenvalue weighted by atomic mass is 79.9. The van der Waals surface area contributed by atoms with Gasteiger partial charge in [-0.3, -0.25) is 0 Å². The van der Waals surface area contributed by atoms with E-state index in [2.05, 4.69) is 22.9 Å². The number of halogens is 1. The molecule has 1 aliphatic rings. The summed E-state index contributed by atoms with van der Waals surface area (Å²) >= 11 is 3.38. The fourth-order valence-corrected chi connectivity index (χ4v) is 1.25. The van der Waals surface area contributed by atoms with Gasteiger partial charge in [0.05, 0.1) is 13.2 Å². The molecule has 2 nitrogen and oxygen atoms in total. The average Bonchev–Trinajstić information content (AvgIpc) is 2.52. The lowest BCUT2D eigenvalue weighted by atomic mass is 10.2. The minimum absolute atomic E-state index is 0.511. The van der Waals surface area contributed by atoms with Crippen LogP contribution in [0, 0.1) is 0 Å². The first kappa shape index (κ1) is 11.0. The number of rotatable bonds is 3. The van der Waals surface area contributed by atoms with Crippen molar-refractivity contribution in [2.24, 2.45) is 0 Å². The topological polar surface area (TPSA) is 18.5 Å². The molecule has 13 heavy (non-hydrogen) atoms. The minimum Gasteiger partial charge on any atom is -0.344 e. The summed E-state index contributed by atoms with van der Waals surface area (Å²) in [5.74, 6) is -0.511. The number of ether oxygens (including phenoxy) is 2. The Morgan fingerprint density at radius 2 is 2.08 bits per heavy atom. The zero-order chi connectivity index (χ0) is 9.73. The fourth-order valence-electron chi connectivity index (χ4n) is 1.06. The summed E-state index contributed by atoms with van der Waals surface area (Å²) in [5.41, 5.74) is 1.28. The summed E-state index contributed by atoms with van der Waals surface area (Å²) in [6.07, 6.45) is 5.96. The Bertz CT molecular complexity index is 215. The van der Waals surface area contributed by atoms with E-state index in [0.29, 0.717) is 13.2 Å². The van der Waals surface area contributed by atoms with E-state index in [1.165, 1.54) is 5.57 Å². The molecule has 0 spiro atoms. The van der Waals surface area contributed by atoms with Crippen LogP contribution in [0.5, 0.6) is 0 Å². The lowest BCUT2D eigenvalue weighted by molar-refractivity contribution is -0.0996. The lowest BCUT2D eigenvalue weighted by Crippen LogP contribution is -2.21. The quantitative estimate of drug-likeness (QED) is 0.563. The average molecular weight is 247 g/mol. The molecule has 0 unspecified atom stereocenters. The second kappa shape index (κ2) is 4.94. The van der Waals surface area contributed by atoms with Crippen molar-refractivity contribution in [1.82, 2.24) is 0 Å². The van der Waals surface area contributed by atoms with E-state index in [-0.39, 0.29) is 0 Å². The van der Waals surface area contributed by atoms with Crippen molar-refractivity contribution in [2.45, 2.75) is 19.6 Å². The predicted molar refractivity (Wildman–Crippen MR) is 57.0 cm³/mol. The molecule has 1 saturated heterocycles. The molecule has 0 radical (unpaired) electrons. The Kier molecular flexibility index (Phi) is 4.16. The van der Waals surface area contributed by atoms with Crippen molar-refractivity contribution in [1.29, 1.82) is 0 Å². The molecule has 1 rings (SSSR count). The van der Waals surface area contributed by atoms with Crippen LogP contribution in [0.25, 0.3) is 0 Å². The third kappa shape index (κ3) is 3.63. The molecule has 1 aliphatic heterocycles. The Balaban J connectivity index is 2.47. The fraction of sp³-hybridized carbons (Fsp3) is 0.600. The van der Waals surface area contributed by atoms with Crippen molar-refractivity contribution < 1.29 is 9.47 Å². The second-order valence-electron chi connectivity index (χ2n) is 3.22. The van der Waals surface area contributed by atoms with Gasteiger partial charge in [0.15, 0.2) is 5.79 Å².